The second kappa shape index (κ2) is 6.68. The van der Waals surface area contributed by atoms with Crippen molar-refractivity contribution in [3.05, 3.63) is 5.89 Å². The van der Waals surface area contributed by atoms with Crippen LogP contribution in [0.3, 0.4) is 0 Å². The summed E-state index contributed by atoms with van der Waals surface area (Å²) in [5, 5.41) is 10.9. The molecule has 0 spiro atoms. The van der Waals surface area contributed by atoms with Gasteiger partial charge in [-0.25, -0.2) is 0 Å². The molecule has 0 aliphatic heterocycles. The summed E-state index contributed by atoms with van der Waals surface area (Å²) in [7, 11) is 0. The van der Waals surface area contributed by atoms with Gasteiger partial charge in [0, 0.05) is 24.8 Å². The molecule has 0 fully saturated rings. The Labute approximate surface area is 94.2 Å². The number of hydrogen-bond acceptors (Lipinski definition) is 6. The molecule has 5 nitrogen and oxygen atoms in total. The molecule has 0 saturated heterocycles. The van der Waals surface area contributed by atoms with E-state index in [2.05, 4.69) is 29.4 Å². The van der Waals surface area contributed by atoms with Crippen LogP contribution in [0.1, 0.15) is 19.7 Å². The SMILES string of the molecule is CCSCC(C)Nc1nnc(CCN)o1. The molecule has 0 saturated carbocycles. The highest BCUT2D eigenvalue weighted by Gasteiger charge is 2.08. The average Bonchev–Trinajstić information content (AvgIpc) is 2.63. The molecule has 15 heavy (non-hydrogen) atoms. The second-order valence-electron chi connectivity index (χ2n) is 3.24. The Morgan fingerprint density at radius 1 is 1.53 bits per heavy atom. The predicted octanol–water partition coefficient (Wildman–Crippen LogP) is 1.12. The van der Waals surface area contributed by atoms with Gasteiger partial charge in [0.15, 0.2) is 0 Å². The van der Waals surface area contributed by atoms with Crippen LogP contribution in [0.15, 0.2) is 4.42 Å². The monoisotopic (exact) mass is 230 g/mol. The van der Waals surface area contributed by atoms with E-state index in [1.165, 1.54) is 0 Å². The van der Waals surface area contributed by atoms with Crippen molar-refractivity contribution in [1.29, 1.82) is 0 Å². The van der Waals surface area contributed by atoms with Crippen LogP contribution in [0.5, 0.6) is 0 Å². The fourth-order valence-corrected chi connectivity index (χ4v) is 1.76. The summed E-state index contributed by atoms with van der Waals surface area (Å²) in [6.45, 7) is 4.77. The molecule has 0 amide bonds. The molecule has 3 N–H and O–H groups in total. The summed E-state index contributed by atoms with van der Waals surface area (Å²) in [5.41, 5.74) is 5.39. The summed E-state index contributed by atoms with van der Waals surface area (Å²) in [6, 6.07) is 0.823. The van der Waals surface area contributed by atoms with Crippen molar-refractivity contribution in [1.82, 2.24) is 10.2 Å². The fourth-order valence-electron chi connectivity index (χ4n) is 1.08. The van der Waals surface area contributed by atoms with E-state index in [-0.39, 0.29) is 0 Å². The van der Waals surface area contributed by atoms with Gasteiger partial charge in [-0.2, -0.15) is 11.8 Å². The molecule has 1 heterocycles. The Hall–Kier alpha value is -0.750. The smallest absolute Gasteiger partial charge is 0.315 e. The lowest BCUT2D eigenvalue weighted by Crippen LogP contribution is -2.18. The minimum atomic E-state index is 0.334. The molecule has 0 aliphatic rings. The van der Waals surface area contributed by atoms with Gasteiger partial charge in [0.2, 0.25) is 5.89 Å². The number of nitrogens with two attached hydrogens (primary N) is 1. The van der Waals surface area contributed by atoms with Gasteiger partial charge < -0.3 is 15.5 Å². The first-order chi connectivity index (χ1) is 7.26. The number of aromatic nitrogens is 2. The standard InChI is InChI=1S/C9H18N4OS/c1-3-15-6-7(2)11-9-13-12-8(14-9)4-5-10/h7H,3-6,10H2,1-2H3,(H,11,13). The van der Waals surface area contributed by atoms with Crippen LogP contribution in [0, 0.1) is 0 Å². The molecule has 1 rings (SSSR count). The number of thioether (sulfide) groups is 1. The largest absolute Gasteiger partial charge is 0.408 e. The summed E-state index contributed by atoms with van der Waals surface area (Å²) < 4.78 is 5.35. The topological polar surface area (TPSA) is 77.0 Å². The predicted molar refractivity (Wildman–Crippen MR) is 63.1 cm³/mol. The van der Waals surface area contributed by atoms with Crippen LogP contribution in [0.2, 0.25) is 0 Å². The normalized spacial score (nSPS) is 12.7. The van der Waals surface area contributed by atoms with Crippen LogP contribution < -0.4 is 11.1 Å². The van der Waals surface area contributed by atoms with Gasteiger partial charge in [0.1, 0.15) is 0 Å². The Balaban J connectivity index is 2.35. The zero-order valence-corrected chi connectivity index (χ0v) is 10.0. The third-order valence-corrected chi connectivity index (χ3v) is 2.91. The van der Waals surface area contributed by atoms with Crippen molar-refractivity contribution in [2.75, 3.05) is 23.4 Å². The fraction of sp³-hybridized carbons (Fsp3) is 0.778. The quantitative estimate of drug-likeness (QED) is 0.731. The van der Waals surface area contributed by atoms with Crippen LogP contribution in [0.25, 0.3) is 0 Å². The maximum atomic E-state index is 5.39. The summed E-state index contributed by atoms with van der Waals surface area (Å²) in [5.74, 6) is 2.75. The minimum absolute atomic E-state index is 0.334. The maximum Gasteiger partial charge on any atom is 0.315 e. The van der Waals surface area contributed by atoms with E-state index < -0.39 is 0 Å². The van der Waals surface area contributed by atoms with E-state index in [0.29, 0.717) is 30.9 Å². The third kappa shape index (κ3) is 4.53. The van der Waals surface area contributed by atoms with E-state index in [4.69, 9.17) is 10.2 Å². The van der Waals surface area contributed by atoms with E-state index in [9.17, 15) is 0 Å². The highest BCUT2D eigenvalue weighted by atomic mass is 32.2. The Kier molecular flexibility index (Phi) is 5.49. The minimum Gasteiger partial charge on any atom is -0.408 e. The Morgan fingerprint density at radius 3 is 3.00 bits per heavy atom. The number of rotatable bonds is 7. The van der Waals surface area contributed by atoms with E-state index in [1.807, 2.05) is 11.8 Å². The van der Waals surface area contributed by atoms with Gasteiger partial charge in [-0.15, -0.1) is 5.10 Å². The first kappa shape index (κ1) is 12.3. The number of hydrogen-bond donors (Lipinski definition) is 2. The number of nitrogens with zero attached hydrogens (tertiary/aromatic N) is 2. The first-order valence-electron chi connectivity index (χ1n) is 5.13. The van der Waals surface area contributed by atoms with Gasteiger partial charge in [0.05, 0.1) is 0 Å². The molecule has 6 heteroatoms. The van der Waals surface area contributed by atoms with Crippen molar-refractivity contribution >= 4 is 17.8 Å². The van der Waals surface area contributed by atoms with E-state index >= 15 is 0 Å². The van der Waals surface area contributed by atoms with Crippen LogP contribution in [0.4, 0.5) is 6.01 Å². The van der Waals surface area contributed by atoms with Crippen molar-refractivity contribution < 1.29 is 4.42 Å². The van der Waals surface area contributed by atoms with Gasteiger partial charge in [-0.05, 0) is 12.7 Å². The van der Waals surface area contributed by atoms with Crippen molar-refractivity contribution in [2.24, 2.45) is 5.73 Å². The summed E-state index contributed by atoms with van der Waals surface area (Å²) in [6.07, 6.45) is 0.632. The lowest BCUT2D eigenvalue weighted by Gasteiger charge is -2.09. The van der Waals surface area contributed by atoms with Gasteiger partial charge in [-0.3, -0.25) is 0 Å². The zero-order chi connectivity index (χ0) is 11.1. The van der Waals surface area contributed by atoms with Gasteiger partial charge in [-0.1, -0.05) is 12.0 Å². The molecular weight excluding hydrogens is 212 g/mol. The highest BCUT2D eigenvalue weighted by molar-refractivity contribution is 7.99. The number of nitrogens with one attached hydrogen (secondary N) is 1. The zero-order valence-electron chi connectivity index (χ0n) is 9.19. The Morgan fingerprint density at radius 2 is 2.33 bits per heavy atom. The molecule has 1 atom stereocenters. The molecule has 1 aromatic heterocycles. The van der Waals surface area contributed by atoms with Crippen molar-refractivity contribution in [2.45, 2.75) is 26.3 Å². The molecular formula is C9H18N4OS. The van der Waals surface area contributed by atoms with Crippen molar-refractivity contribution in [3.8, 4) is 0 Å². The molecule has 0 aromatic carbocycles. The van der Waals surface area contributed by atoms with Crippen molar-refractivity contribution in [3.63, 3.8) is 0 Å². The molecule has 1 unspecified atom stereocenters. The summed E-state index contributed by atoms with van der Waals surface area (Å²) in [4.78, 5) is 0. The average molecular weight is 230 g/mol. The van der Waals surface area contributed by atoms with Gasteiger partial charge >= 0.3 is 6.01 Å². The molecule has 0 radical (unpaired) electrons. The lowest BCUT2D eigenvalue weighted by atomic mass is 10.4. The third-order valence-electron chi connectivity index (χ3n) is 1.77. The van der Waals surface area contributed by atoms with Crippen LogP contribution >= 0.6 is 11.8 Å². The molecule has 1 aromatic rings. The molecule has 0 bridgehead atoms. The van der Waals surface area contributed by atoms with Gasteiger partial charge in [0.25, 0.3) is 0 Å². The maximum absolute atomic E-state index is 5.39. The van der Waals surface area contributed by atoms with E-state index in [0.717, 1.165) is 11.5 Å². The van der Waals surface area contributed by atoms with Crippen LogP contribution in [-0.4, -0.2) is 34.3 Å². The Bertz CT molecular complexity index is 279. The number of anilines is 1. The lowest BCUT2D eigenvalue weighted by molar-refractivity contribution is 0.503. The second-order valence-corrected chi connectivity index (χ2v) is 4.56. The van der Waals surface area contributed by atoms with Crippen LogP contribution in [-0.2, 0) is 6.42 Å². The highest BCUT2D eigenvalue weighted by Crippen LogP contribution is 2.10. The summed E-state index contributed by atoms with van der Waals surface area (Å²) >= 11 is 1.88. The first-order valence-corrected chi connectivity index (χ1v) is 6.28. The van der Waals surface area contributed by atoms with E-state index in [1.54, 1.807) is 0 Å². The molecule has 86 valence electrons. The molecule has 0 aliphatic carbocycles.